The van der Waals surface area contributed by atoms with Gasteiger partial charge in [-0.15, -0.1) is 12.4 Å². The summed E-state index contributed by atoms with van der Waals surface area (Å²) in [4.78, 5) is 0.439. The van der Waals surface area contributed by atoms with Crippen LogP contribution in [-0.4, -0.2) is 41.8 Å². The summed E-state index contributed by atoms with van der Waals surface area (Å²) in [6.45, 7) is 12.6. The number of hydrogen-bond donors (Lipinski definition) is 2. The van der Waals surface area contributed by atoms with Crippen molar-refractivity contribution >= 4 is 22.4 Å². The van der Waals surface area contributed by atoms with Crippen molar-refractivity contribution in [2.24, 2.45) is 5.41 Å². The second-order valence-electron chi connectivity index (χ2n) is 7.46. The van der Waals surface area contributed by atoms with Crippen LogP contribution in [0.15, 0.2) is 4.90 Å². The fraction of sp³-hybridized carbons (Fsp3) is 0.684. The second-order valence-corrected chi connectivity index (χ2v) is 9.17. The van der Waals surface area contributed by atoms with Gasteiger partial charge in [0.25, 0.3) is 0 Å². The van der Waals surface area contributed by atoms with Crippen molar-refractivity contribution in [3.05, 3.63) is 27.8 Å². The van der Waals surface area contributed by atoms with E-state index in [0.29, 0.717) is 18.0 Å². The van der Waals surface area contributed by atoms with Crippen molar-refractivity contribution in [1.82, 2.24) is 10.0 Å². The van der Waals surface area contributed by atoms with Gasteiger partial charge in [0.2, 0.25) is 10.0 Å². The van der Waals surface area contributed by atoms with E-state index < -0.39 is 10.0 Å². The molecule has 0 aromatic heterocycles. The van der Waals surface area contributed by atoms with Crippen LogP contribution in [0.25, 0.3) is 0 Å². The smallest absolute Gasteiger partial charge is 0.241 e. The molecule has 1 aliphatic rings. The lowest BCUT2D eigenvalue weighted by atomic mass is 9.80. The molecule has 0 saturated carbocycles. The van der Waals surface area contributed by atoms with Crippen LogP contribution in [0, 0.1) is 40.0 Å². The fourth-order valence-corrected chi connectivity index (χ4v) is 5.58. The lowest BCUT2D eigenvalue weighted by Crippen LogP contribution is -2.47. The van der Waals surface area contributed by atoms with Crippen molar-refractivity contribution in [3.8, 4) is 0 Å². The third-order valence-corrected chi connectivity index (χ3v) is 7.63. The highest BCUT2D eigenvalue weighted by atomic mass is 35.5. The largest absolute Gasteiger partial charge is 0.384 e. The Labute approximate surface area is 164 Å². The van der Waals surface area contributed by atoms with E-state index in [0.717, 1.165) is 48.2 Å². The minimum absolute atomic E-state index is 0. The number of hydrogen-bond acceptors (Lipinski definition) is 4. The van der Waals surface area contributed by atoms with Gasteiger partial charge in [-0.05, 0) is 88.4 Å². The number of methoxy groups -OCH3 is 1. The van der Waals surface area contributed by atoms with E-state index in [9.17, 15) is 8.42 Å². The number of halogens is 1. The summed E-state index contributed by atoms with van der Waals surface area (Å²) in [5.41, 5.74) is 4.83. The zero-order valence-electron chi connectivity index (χ0n) is 16.8. The first-order valence-corrected chi connectivity index (χ1v) is 10.4. The Morgan fingerprint density at radius 1 is 0.962 bits per heavy atom. The van der Waals surface area contributed by atoms with E-state index in [-0.39, 0.29) is 17.8 Å². The molecule has 1 aliphatic heterocycles. The van der Waals surface area contributed by atoms with Gasteiger partial charge in [-0.3, -0.25) is 0 Å². The lowest BCUT2D eigenvalue weighted by molar-refractivity contribution is 0.0577. The molecule has 1 fully saturated rings. The number of rotatable bonds is 6. The molecule has 7 heteroatoms. The molecule has 5 nitrogen and oxygen atoms in total. The average Bonchev–Trinajstić information content (AvgIpc) is 2.58. The highest BCUT2D eigenvalue weighted by Crippen LogP contribution is 2.32. The Morgan fingerprint density at radius 3 is 1.88 bits per heavy atom. The first-order valence-electron chi connectivity index (χ1n) is 8.91. The van der Waals surface area contributed by atoms with Crippen LogP contribution in [-0.2, 0) is 14.8 Å². The first kappa shape index (κ1) is 23.4. The van der Waals surface area contributed by atoms with Gasteiger partial charge in [0.15, 0.2) is 0 Å². The van der Waals surface area contributed by atoms with E-state index in [1.165, 1.54) is 5.56 Å². The van der Waals surface area contributed by atoms with Gasteiger partial charge in [-0.25, -0.2) is 13.1 Å². The third kappa shape index (κ3) is 4.60. The predicted octanol–water partition coefficient (Wildman–Crippen LogP) is 2.95. The molecule has 2 rings (SSSR count). The quantitative estimate of drug-likeness (QED) is 0.764. The average molecular weight is 405 g/mol. The Morgan fingerprint density at radius 2 is 1.42 bits per heavy atom. The molecular weight excluding hydrogens is 372 g/mol. The molecule has 1 aromatic carbocycles. The molecule has 1 saturated heterocycles. The first-order chi connectivity index (χ1) is 11.7. The molecule has 1 heterocycles. The van der Waals surface area contributed by atoms with Gasteiger partial charge in [0.1, 0.15) is 0 Å². The van der Waals surface area contributed by atoms with Gasteiger partial charge in [0.05, 0.1) is 11.5 Å². The van der Waals surface area contributed by atoms with Crippen LogP contribution < -0.4 is 10.0 Å². The number of sulfonamides is 1. The standard InChI is InChI=1S/C19H32N2O3S.ClH/c1-13-14(2)16(4)18(17(5)15(13)3)25(22,23)21-11-19(12-24-6)7-9-20-10-8-19;/h20-21H,7-12H2,1-6H3;1H. The molecule has 2 N–H and O–H groups in total. The van der Waals surface area contributed by atoms with Crippen LogP contribution in [0.5, 0.6) is 0 Å². The summed E-state index contributed by atoms with van der Waals surface area (Å²) >= 11 is 0. The van der Waals surface area contributed by atoms with Crippen LogP contribution in [0.4, 0.5) is 0 Å². The molecule has 26 heavy (non-hydrogen) atoms. The number of ether oxygens (including phenoxy) is 1. The van der Waals surface area contributed by atoms with Crippen LogP contribution >= 0.6 is 12.4 Å². The minimum atomic E-state index is -3.57. The van der Waals surface area contributed by atoms with Crippen molar-refractivity contribution in [2.75, 3.05) is 33.4 Å². The Bertz CT molecular complexity index is 707. The van der Waals surface area contributed by atoms with E-state index in [1.54, 1.807) is 7.11 Å². The Balaban J connectivity index is 0.00000338. The van der Waals surface area contributed by atoms with Gasteiger partial charge in [-0.1, -0.05) is 0 Å². The molecule has 0 amide bonds. The lowest BCUT2D eigenvalue weighted by Gasteiger charge is -2.37. The van der Waals surface area contributed by atoms with E-state index in [2.05, 4.69) is 17.0 Å². The van der Waals surface area contributed by atoms with Gasteiger partial charge in [0, 0.05) is 19.1 Å². The highest BCUT2D eigenvalue weighted by Gasteiger charge is 2.34. The zero-order valence-corrected chi connectivity index (χ0v) is 18.4. The van der Waals surface area contributed by atoms with Crippen molar-refractivity contribution in [3.63, 3.8) is 0 Å². The second kappa shape index (κ2) is 9.02. The van der Waals surface area contributed by atoms with Crippen molar-refractivity contribution in [2.45, 2.75) is 52.4 Å². The molecule has 0 spiro atoms. The number of piperidine rings is 1. The summed E-state index contributed by atoms with van der Waals surface area (Å²) in [7, 11) is -1.89. The highest BCUT2D eigenvalue weighted by molar-refractivity contribution is 7.89. The van der Waals surface area contributed by atoms with Crippen molar-refractivity contribution < 1.29 is 13.2 Å². The molecular formula is C19H33ClN2O3S. The molecule has 0 atom stereocenters. The van der Waals surface area contributed by atoms with Gasteiger partial charge >= 0.3 is 0 Å². The molecule has 150 valence electrons. The zero-order chi connectivity index (χ0) is 18.8. The number of benzene rings is 1. The Kier molecular flexibility index (Phi) is 8.11. The predicted molar refractivity (Wildman–Crippen MR) is 109 cm³/mol. The number of nitrogens with one attached hydrogen (secondary N) is 2. The fourth-order valence-electron chi connectivity index (χ4n) is 3.82. The van der Waals surface area contributed by atoms with E-state index in [4.69, 9.17) is 4.74 Å². The van der Waals surface area contributed by atoms with Crippen LogP contribution in [0.2, 0.25) is 0 Å². The molecule has 0 radical (unpaired) electrons. The monoisotopic (exact) mass is 404 g/mol. The van der Waals surface area contributed by atoms with E-state index >= 15 is 0 Å². The molecule has 0 unspecified atom stereocenters. The summed E-state index contributed by atoms with van der Waals surface area (Å²) in [6.07, 6.45) is 1.82. The minimum Gasteiger partial charge on any atom is -0.384 e. The Hall–Kier alpha value is -0.660. The summed E-state index contributed by atoms with van der Waals surface area (Å²) in [6, 6.07) is 0. The third-order valence-electron chi connectivity index (χ3n) is 5.95. The summed E-state index contributed by atoms with van der Waals surface area (Å²) < 4.78 is 34.5. The summed E-state index contributed by atoms with van der Waals surface area (Å²) in [5.74, 6) is 0. The van der Waals surface area contributed by atoms with Gasteiger partial charge in [-0.2, -0.15) is 0 Å². The maximum absolute atomic E-state index is 13.1. The maximum Gasteiger partial charge on any atom is 0.241 e. The molecule has 0 bridgehead atoms. The summed E-state index contributed by atoms with van der Waals surface area (Å²) in [5, 5.41) is 3.33. The normalized spacial score (nSPS) is 17.0. The SMILES string of the molecule is COCC1(CNS(=O)(=O)c2c(C)c(C)c(C)c(C)c2C)CCNCC1.Cl. The molecule has 1 aromatic rings. The maximum atomic E-state index is 13.1. The van der Waals surface area contributed by atoms with Crippen molar-refractivity contribution in [1.29, 1.82) is 0 Å². The molecule has 0 aliphatic carbocycles. The topological polar surface area (TPSA) is 67.4 Å². The van der Waals surface area contributed by atoms with Crippen LogP contribution in [0.1, 0.15) is 40.7 Å². The van der Waals surface area contributed by atoms with E-state index in [1.807, 2.05) is 27.7 Å². The van der Waals surface area contributed by atoms with Gasteiger partial charge < -0.3 is 10.1 Å². The van der Waals surface area contributed by atoms with Crippen LogP contribution in [0.3, 0.4) is 0 Å².